The van der Waals surface area contributed by atoms with E-state index in [4.69, 9.17) is 0 Å². The first kappa shape index (κ1) is 23.3. The third-order valence-corrected chi connectivity index (χ3v) is 5.65. The van der Waals surface area contributed by atoms with E-state index in [2.05, 4.69) is 32.3 Å². The molecule has 2 amide bonds. The Balaban J connectivity index is 1.44. The number of phenols is 1. The molecule has 0 atom stereocenters. The molecule has 4 rings (SSSR count). The zero-order valence-electron chi connectivity index (χ0n) is 19.5. The van der Waals surface area contributed by atoms with Gasteiger partial charge >= 0.3 is 11.7 Å². The number of hydrogen-bond donors (Lipinski definition) is 3. The van der Waals surface area contributed by atoms with Gasteiger partial charge in [-0.1, -0.05) is 38.5 Å². The summed E-state index contributed by atoms with van der Waals surface area (Å²) < 4.78 is 0. The highest BCUT2D eigenvalue weighted by molar-refractivity contribution is 6.02. The summed E-state index contributed by atoms with van der Waals surface area (Å²) >= 11 is 0. The number of aryl methyl sites for hydroxylation is 1. The van der Waals surface area contributed by atoms with Crippen molar-refractivity contribution in [3.05, 3.63) is 57.9 Å². The molecule has 3 aromatic rings. The highest BCUT2D eigenvalue weighted by Gasteiger charge is 2.35. The maximum atomic E-state index is 13.4. The number of benzene rings is 1. The number of rotatable bonds is 10. The van der Waals surface area contributed by atoms with E-state index in [0.717, 1.165) is 24.8 Å². The number of aromatic hydroxyl groups is 1. The first-order valence-corrected chi connectivity index (χ1v) is 11.7. The van der Waals surface area contributed by atoms with Gasteiger partial charge in [0.15, 0.2) is 5.82 Å². The average Bonchev–Trinajstić information content (AvgIpc) is 3.43. The molecule has 3 heterocycles. The van der Waals surface area contributed by atoms with E-state index in [0.29, 0.717) is 55.5 Å². The summed E-state index contributed by atoms with van der Waals surface area (Å²) in [7, 11) is 0. The summed E-state index contributed by atoms with van der Waals surface area (Å²) in [4.78, 5) is 36.0. The fraction of sp³-hybridized carbons (Fsp3) is 0.435. The maximum absolute atomic E-state index is 13.4. The SMILES string of the molecule is CC/C=C1/c2[nH]c(=O)[nH]c2N(CCCC)C(=O)N1CCCn1nnc(Cc2ccc(O)cc2)n1. The number of tetrazole rings is 1. The van der Waals surface area contributed by atoms with Crippen molar-refractivity contribution in [2.75, 3.05) is 18.0 Å². The van der Waals surface area contributed by atoms with Gasteiger partial charge in [-0.25, -0.2) is 9.59 Å². The standard InChI is InChI=1S/C23H30N8O3/c1-3-5-12-30-21-20(24-22(33)25-21)18(7-4-2)29(23(30)34)13-6-14-31-27-19(26-28-31)15-16-8-10-17(32)11-9-16/h7-11,32H,3-6,12-15H2,1-2H3,(H2,24,25,33)/b18-7-. The van der Waals surface area contributed by atoms with Crippen LogP contribution in [-0.2, 0) is 13.0 Å². The predicted octanol–water partition coefficient (Wildman–Crippen LogP) is 2.87. The molecule has 11 heteroatoms. The van der Waals surface area contributed by atoms with Crippen LogP contribution in [0, 0.1) is 0 Å². The van der Waals surface area contributed by atoms with Gasteiger partial charge in [0.05, 0.1) is 12.2 Å². The number of aromatic nitrogens is 6. The number of hydrogen-bond acceptors (Lipinski definition) is 6. The number of carbonyl (C=O) groups is 1. The van der Waals surface area contributed by atoms with E-state index < -0.39 is 0 Å². The fourth-order valence-electron chi connectivity index (χ4n) is 4.00. The number of anilines is 1. The maximum Gasteiger partial charge on any atom is 0.330 e. The van der Waals surface area contributed by atoms with Crippen molar-refractivity contribution in [2.45, 2.75) is 52.5 Å². The van der Waals surface area contributed by atoms with Crippen molar-refractivity contribution < 1.29 is 9.90 Å². The summed E-state index contributed by atoms with van der Waals surface area (Å²) in [6.45, 7) is 5.55. The number of nitrogens with zero attached hydrogens (tertiary/aromatic N) is 6. The van der Waals surface area contributed by atoms with E-state index >= 15 is 0 Å². The second-order valence-electron chi connectivity index (χ2n) is 8.24. The van der Waals surface area contributed by atoms with Gasteiger partial charge in [0.1, 0.15) is 17.3 Å². The molecule has 0 radical (unpaired) electrons. The number of H-pyrrole nitrogens is 2. The number of unbranched alkanes of at least 4 members (excludes halogenated alkanes) is 1. The second kappa shape index (κ2) is 10.4. The summed E-state index contributed by atoms with van der Waals surface area (Å²) in [6.07, 6.45) is 5.60. The molecule has 0 spiro atoms. The summed E-state index contributed by atoms with van der Waals surface area (Å²) in [5.74, 6) is 1.34. The molecule has 2 aromatic heterocycles. The highest BCUT2D eigenvalue weighted by Crippen LogP contribution is 2.33. The van der Waals surface area contributed by atoms with Crippen molar-refractivity contribution >= 4 is 17.5 Å². The molecule has 0 aliphatic carbocycles. The quantitative estimate of drug-likeness (QED) is 0.420. The van der Waals surface area contributed by atoms with Gasteiger partial charge in [0.25, 0.3) is 0 Å². The number of aromatic amines is 2. The summed E-state index contributed by atoms with van der Waals surface area (Å²) in [6, 6.07) is 6.76. The third-order valence-electron chi connectivity index (χ3n) is 5.65. The van der Waals surface area contributed by atoms with Crippen molar-refractivity contribution in [2.24, 2.45) is 0 Å². The zero-order chi connectivity index (χ0) is 24.1. The summed E-state index contributed by atoms with van der Waals surface area (Å²) in [5, 5.41) is 22.1. The van der Waals surface area contributed by atoms with Gasteiger partial charge in [-0.05, 0) is 42.2 Å². The Morgan fingerprint density at radius 3 is 2.50 bits per heavy atom. The van der Waals surface area contributed by atoms with E-state index in [-0.39, 0.29) is 17.5 Å². The molecule has 0 saturated carbocycles. The first-order chi connectivity index (χ1) is 16.5. The topological polar surface area (TPSA) is 136 Å². The van der Waals surface area contributed by atoms with Crippen molar-refractivity contribution in [3.8, 4) is 5.75 Å². The van der Waals surface area contributed by atoms with Crippen LogP contribution >= 0.6 is 0 Å². The smallest absolute Gasteiger partial charge is 0.330 e. The summed E-state index contributed by atoms with van der Waals surface area (Å²) in [5.41, 5.74) is 2.02. The van der Waals surface area contributed by atoms with E-state index in [1.165, 1.54) is 4.80 Å². The molecule has 0 unspecified atom stereocenters. The molecule has 180 valence electrons. The lowest BCUT2D eigenvalue weighted by Gasteiger charge is -2.36. The largest absolute Gasteiger partial charge is 0.508 e. The van der Waals surface area contributed by atoms with Crippen LogP contribution in [0.15, 0.2) is 35.1 Å². The van der Waals surface area contributed by atoms with Crippen LogP contribution in [0.5, 0.6) is 5.75 Å². The van der Waals surface area contributed by atoms with Crippen LogP contribution in [0.2, 0.25) is 0 Å². The Bertz CT molecular complexity index is 1210. The van der Waals surface area contributed by atoms with Crippen LogP contribution in [0.4, 0.5) is 10.6 Å². The normalized spacial score (nSPS) is 14.8. The molecule has 1 aliphatic heterocycles. The number of carbonyl (C=O) groups excluding carboxylic acids is 1. The Kier molecular flexibility index (Phi) is 7.09. The van der Waals surface area contributed by atoms with Crippen LogP contribution in [-0.4, -0.2) is 59.3 Å². The van der Waals surface area contributed by atoms with Crippen molar-refractivity contribution in [1.82, 2.24) is 35.1 Å². The lowest BCUT2D eigenvalue weighted by molar-refractivity contribution is 0.221. The van der Waals surface area contributed by atoms with Gasteiger partial charge in [0.2, 0.25) is 0 Å². The van der Waals surface area contributed by atoms with Gasteiger partial charge in [-0.3, -0.25) is 14.8 Å². The van der Waals surface area contributed by atoms with Crippen molar-refractivity contribution in [1.29, 1.82) is 0 Å². The number of imidazole rings is 1. The number of allylic oxidation sites excluding steroid dienone is 1. The molecule has 0 fully saturated rings. The Labute approximate surface area is 197 Å². The van der Waals surface area contributed by atoms with E-state index in [1.54, 1.807) is 21.9 Å². The minimum Gasteiger partial charge on any atom is -0.508 e. The number of urea groups is 1. The Morgan fingerprint density at radius 2 is 1.76 bits per heavy atom. The number of phenolic OH excluding ortho intramolecular Hbond substituents is 1. The molecule has 1 aliphatic rings. The van der Waals surface area contributed by atoms with Gasteiger partial charge < -0.3 is 10.1 Å². The molecule has 3 N–H and O–H groups in total. The zero-order valence-corrected chi connectivity index (χ0v) is 19.5. The van der Waals surface area contributed by atoms with E-state index in [1.807, 2.05) is 25.1 Å². The molecular weight excluding hydrogens is 436 g/mol. The molecule has 11 nitrogen and oxygen atoms in total. The lowest BCUT2D eigenvalue weighted by atomic mass is 10.1. The third kappa shape index (κ3) is 5.03. The average molecular weight is 467 g/mol. The number of fused-ring (bicyclic) bond motifs is 1. The molecular formula is C23H30N8O3. The van der Waals surface area contributed by atoms with Gasteiger partial charge in [-0.2, -0.15) is 4.80 Å². The van der Waals surface area contributed by atoms with Crippen LogP contribution in [0.1, 0.15) is 56.6 Å². The highest BCUT2D eigenvalue weighted by atomic mass is 16.3. The number of nitrogens with one attached hydrogen (secondary N) is 2. The minimum atomic E-state index is -0.323. The molecule has 0 saturated heterocycles. The second-order valence-corrected chi connectivity index (χ2v) is 8.24. The lowest BCUT2D eigenvalue weighted by Crippen LogP contribution is -2.47. The van der Waals surface area contributed by atoms with Crippen LogP contribution in [0.3, 0.4) is 0 Å². The van der Waals surface area contributed by atoms with Gasteiger partial charge in [-0.15, -0.1) is 10.2 Å². The molecule has 34 heavy (non-hydrogen) atoms. The van der Waals surface area contributed by atoms with E-state index in [9.17, 15) is 14.7 Å². The van der Waals surface area contributed by atoms with Gasteiger partial charge in [0, 0.05) is 19.5 Å². The van der Waals surface area contributed by atoms with Crippen molar-refractivity contribution in [3.63, 3.8) is 0 Å². The fourth-order valence-corrected chi connectivity index (χ4v) is 4.00. The minimum absolute atomic E-state index is 0.143. The molecule has 0 bridgehead atoms. The monoisotopic (exact) mass is 466 g/mol. The van der Waals surface area contributed by atoms with Crippen LogP contribution < -0.4 is 10.6 Å². The first-order valence-electron chi connectivity index (χ1n) is 11.7. The Hall–Kier alpha value is -3.89. The Morgan fingerprint density at radius 1 is 1.00 bits per heavy atom. The number of amides is 2. The predicted molar refractivity (Wildman–Crippen MR) is 127 cm³/mol. The van der Waals surface area contributed by atoms with Crippen LogP contribution in [0.25, 0.3) is 5.70 Å². The molecule has 1 aromatic carbocycles.